The molecule has 0 bridgehead atoms. The van der Waals surface area contributed by atoms with Gasteiger partial charge in [-0.3, -0.25) is 0 Å². The van der Waals surface area contributed by atoms with Crippen molar-refractivity contribution in [3.05, 3.63) is 47.2 Å². The van der Waals surface area contributed by atoms with Crippen molar-refractivity contribution in [1.29, 1.82) is 0 Å². The van der Waals surface area contributed by atoms with Crippen LogP contribution in [0.4, 0.5) is 13.2 Å². The fraction of sp³-hybridized carbons (Fsp3) is 0.167. The first-order valence-corrected chi connectivity index (χ1v) is 5.77. The van der Waals surface area contributed by atoms with Crippen LogP contribution in [0.15, 0.2) is 36.4 Å². The molecular weight excluding hydrogens is 297 g/mol. The Labute approximate surface area is 117 Å². The number of rotatable bonds is 4. The largest absolute Gasteiger partial charge is 0.573 e. The normalized spacial score (nSPS) is 11.2. The molecule has 20 heavy (non-hydrogen) atoms. The molecule has 0 N–H and O–H groups in total. The first-order valence-electron chi connectivity index (χ1n) is 5.39. The van der Waals surface area contributed by atoms with E-state index in [2.05, 4.69) is 14.9 Å². The van der Waals surface area contributed by atoms with Crippen molar-refractivity contribution >= 4 is 11.6 Å². The molecule has 0 radical (unpaired) electrons. The fourth-order valence-corrected chi connectivity index (χ4v) is 1.42. The van der Waals surface area contributed by atoms with Crippen molar-refractivity contribution in [2.75, 3.05) is 0 Å². The molecule has 0 aliphatic rings. The number of ether oxygens (including phenoxy) is 2. The quantitative estimate of drug-likeness (QED) is 0.865. The summed E-state index contributed by atoms with van der Waals surface area (Å²) >= 11 is 5.58. The fourth-order valence-electron chi connectivity index (χ4n) is 1.32. The van der Waals surface area contributed by atoms with E-state index in [0.717, 1.165) is 12.1 Å². The molecule has 0 aliphatic heterocycles. The van der Waals surface area contributed by atoms with Crippen LogP contribution >= 0.6 is 11.6 Å². The Bertz CT molecular complexity index is 558. The lowest BCUT2D eigenvalue weighted by atomic mass is 10.3. The highest BCUT2D eigenvalue weighted by Crippen LogP contribution is 2.24. The predicted octanol–water partition coefficient (Wildman–Crippen LogP) is 3.61. The minimum atomic E-state index is -4.71. The minimum Gasteiger partial charge on any atom is -0.487 e. The van der Waals surface area contributed by atoms with Crippen molar-refractivity contribution in [3.8, 4) is 11.5 Å². The van der Waals surface area contributed by atoms with Crippen molar-refractivity contribution < 1.29 is 22.6 Å². The van der Waals surface area contributed by atoms with Crippen molar-refractivity contribution in [3.63, 3.8) is 0 Å². The molecule has 0 amide bonds. The van der Waals surface area contributed by atoms with Crippen LogP contribution in [0.5, 0.6) is 11.5 Å². The van der Waals surface area contributed by atoms with Crippen LogP contribution in [0.3, 0.4) is 0 Å². The molecule has 2 aromatic rings. The molecule has 1 aromatic carbocycles. The van der Waals surface area contributed by atoms with Gasteiger partial charge in [0.2, 0.25) is 0 Å². The Balaban J connectivity index is 1.92. The summed E-state index contributed by atoms with van der Waals surface area (Å²) in [6.45, 7) is 0.129. The molecule has 0 spiro atoms. The van der Waals surface area contributed by atoms with E-state index in [1.165, 1.54) is 12.1 Å². The van der Waals surface area contributed by atoms with E-state index >= 15 is 0 Å². The minimum absolute atomic E-state index is 0.129. The highest BCUT2D eigenvalue weighted by molar-refractivity contribution is 6.29. The average molecular weight is 305 g/mol. The molecular formula is C12H8ClF3N2O2. The van der Waals surface area contributed by atoms with Crippen LogP contribution in [0.1, 0.15) is 5.69 Å². The second-order valence-electron chi connectivity index (χ2n) is 3.66. The molecule has 0 saturated heterocycles. The summed E-state index contributed by atoms with van der Waals surface area (Å²) < 4.78 is 45.0. The van der Waals surface area contributed by atoms with Crippen LogP contribution < -0.4 is 9.47 Å². The molecule has 1 aromatic heterocycles. The Kier molecular flexibility index (Phi) is 4.29. The zero-order valence-electron chi connectivity index (χ0n) is 9.89. The standard InChI is InChI=1S/C12H8ClF3N2O2/c13-11-6-1-8(17-18-11)7-19-9-2-4-10(5-3-9)20-12(14,15)16/h1-6H,7H2. The van der Waals surface area contributed by atoms with E-state index in [9.17, 15) is 13.2 Å². The number of hydrogen-bond acceptors (Lipinski definition) is 4. The molecule has 0 fully saturated rings. The number of aromatic nitrogens is 2. The molecule has 0 aliphatic carbocycles. The van der Waals surface area contributed by atoms with E-state index in [1.807, 2.05) is 0 Å². The van der Waals surface area contributed by atoms with E-state index in [0.29, 0.717) is 11.4 Å². The summed E-state index contributed by atoms with van der Waals surface area (Å²) in [4.78, 5) is 0. The van der Waals surface area contributed by atoms with Crippen LogP contribution in [-0.2, 0) is 6.61 Å². The molecule has 106 valence electrons. The van der Waals surface area contributed by atoms with Gasteiger partial charge in [0, 0.05) is 0 Å². The molecule has 8 heteroatoms. The van der Waals surface area contributed by atoms with Gasteiger partial charge in [-0.1, -0.05) is 11.6 Å². The van der Waals surface area contributed by atoms with Gasteiger partial charge < -0.3 is 9.47 Å². The summed E-state index contributed by atoms with van der Waals surface area (Å²) in [5, 5.41) is 7.68. The van der Waals surface area contributed by atoms with E-state index in [-0.39, 0.29) is 17.5 Å². The molecule has 2 rings (SSSR count). The van der Waals surface area contributed by atoms with E-state index in [4.69, 9.17) is 16.3 Å². The maximum atomic E-state index is 12.0. The van der Waals surface area contributed by atoms with Gasteiger partial charge in [-0.15, -0.1) is 18.3 Å². The lowest BCUT2D eigenvalue weighted by Crippen LogP contribution is -2.16. The Morgan fingerprint density at radius 1 is 0.950 bits per heavy atom. The lowest BCUT2D eigenvalue weighted by Gasteiger charge is -2.09. The third-order valence-electron chi connectivity index (χ3n) is 2.13. The first kappa shape index (κ1) is 14.4. The van der Waals surface area contributed by atoms with Gasteiger partial charge in [-0.05, 0) is 36.4 Å². The Hall–Kier alpha value is -2.02. The second-order valence-corrected chi connectivity index (χ2v) is 4.04. The zero-order chi connectivity index (χ0) is 14.6. The Morgan fingerprint density at radius 3 is 2.15 bits per heavy atom. The van der Waals surface area contributed by atoms with Crippen LogP contribution in [0.2, 0.25) is 5.15 Å². The number of benzene rings is 1. The highest BCUT2D eigenvalue weighted by Gasteiger charge is 2.30. The molecule has 4 nitrogen and oxygen atoms in total. The highest BCUT2D eigenvalue weighted by atomic mass is 35.5. The predicted molar refractivity (Wildman–Crippen MR) is 64.5 cm³/mol. The van der Waals surface area contributed by atoms with Gasteiger partial charge in [0.15, 0.2) is 5.15 Å². The third kappa shape index (κ3) is 4.58. The zero-order valence-corrected chi connectivity index (χ0v) is 10.6. The van der Waals surface area contributed by atoms with Crippen LogP contribution in [-0.4, -0.2) is 16.6 Å². The summed E-state index contributed by atoms with van der Waals surface area (Å²) in [6.07, 6.45) is -4.71. The van der Waals surface area contributed by atoms with Gasteiger partial charge in [-0.2, -0.15) is 5.10 Å². The summed E-state index contributed by atoms with van der Waals surface area (Å²) in [7, 11) is 0. The SMILES string of the molecule is FC(F)(F)Oc1ccc(OCc2ccc(Cl)nn2)cc1. The van der Waals surface area contributed by atoms with Gasteiger partial charge in [0.05, 0.1) is 0 Å². The van der Waals surface area contributed by atoms with Gasteiger partial charge in [0.1, 0.15) is 23.8 Å². The second kappa shape index (κ2) is 5.96. The van der Waals surface area contributed by atoms with Crippen molar-refractivity contribution in [2.24, 2.45) is 0 Å². The third-order valence-corrected chi connectivity index (χ3v) is 2.33. The maximum Gasteiger partial charge on any atom is 0.573 e. The van der Waals surface area contributed by atoms with Gasteiger partial charge in [-0.25, -0.2) is 0 Å². The van der Waals surface area contributed by atoms with Gasteiger partial charge in [0.25, 0.3) is 0 Å². The van der Waals surface area contributed by atoms with Gasteiger partial charge >= 0.3 is 6.36 Å². The molecule has 1 heterocycles. The molecule has 0 saturated carbocycles. The van der Waals surface area contributed by atoms with Crippen LogP contribution in [0, 0.1) is 0 Å². The topological polar surface area (TPSA) is 44.2 Å². The van der Waals surface area contributed by atoms with Crippen molar-refractivity contribution in [2.45, 2.75) is 13.0 Å². The smallest absolute Gasteiger partial charge is 0.487 e. The summed E-state index contributed by atoms with van der Waals surface area (Å²) in [6, 6.07) is 8.26. The lowest BCUT2D eigenvalue weighted by molar-refractivity contribution is -0.274. The molecule has 0 atom stereocenters. The number of alkyl halides is 3. The van der Waals surface area contributed by atoms with Crippen molar-refractivity contribution in [1.82, 2.24) is 10.2 Å². The van der Waals surface area contributed by atoms with E-state index in [1.54, 1.807) is 12.1 Å². The molecule has 0 unspecified atom stereocenters. The summed E-state index contributed by atoms with van der Waals surface area (Å²) in [5.74, 6) is 0.0763. The average Bonchev–Trinajstić information content (AvgIpc) is 2.38. The van der Waals surface area contributed by atoms with Crippen LogP contribution in [0.25, 0.3) is 0 Å². The number of nitrogens with zero attached hydrogens (tertiary/aromatic N) is 2. The number of halogens is 4. The van der Waals surface area contributed by atoms with E-state index < -0.39 is 6.36 Å². The number of hydrogen-bond donors (Lipinski definition) is 0. The first-order chi connectivity index (χ1) is 9.42. The summed E-state index contributed by atoms with van der Waals surface area (Å²) in [5.41, 5.74) is 0.546. The Morgan fingerprint density at radius 2 is 1.60 bits per heavy atom. The maximum absolute atomic E-state index is 12.0. The monoisotopic (exact) mass is 304 g/mol.